The van der Waals surface area contributed by atoms with E-state index in [1.165, 1.54) is 24.3 Å². The molecule has 2 aromatic carbocycles. The number of carbonyl (C=O) groups excluding carboxylic acids is 2. The van der Waals surface area contributed by atoms with E-state index in [9.17, 15) is 14.0 Å². The van der Waals surface area contributed by atoms with Crippen LogP contribution in [-0.4, -0.2) is 79.4 Å². The fraction of sp³-hybridized carbons (Fsp3) is 0.462. The van der Waals surface area contributed by atoms with E-state index in [1.54, 1.807) is 4.90 Å². The van der Waals surface area contributed by atoms with E-state index in [2.05, 4.69) is 34.3 Å². The smallest absolute Gasteiger partial charge is 0.253 e. The molecule has 2 aromatic rings. The molecule has 1 N–H and O–H groups in total. The average molecular weight is 453 g/mol. The largest absolute Gasteiger partial charge is 0.348 e. The van der Waals surface area contributed by atoms with Gasteiger partial charge in [0.2, 0.25) is 5.91 Å². The normalized spacial score (nSPS) is 20.9. The van der Waals surface area contributed by atoms with Crippen molar-refractivity contribution in [3.63, 3.8) is 0 Å². The van der Waals surface area contributed by atoms with Crippen molar-refractivity contribution < 1.29 is 14.0 Å². The number of piperazine rings is 1. The fourth-order valence-corrected chi connectivity index (χ4v) is 4.65. The lowest BCUT2D eigenvalue weighted by molar-refractivity contribution is -0.127. The lowest BCUT2D eigenvalue weighted by Crippen LogP contribution is -2.50. The van der Waals surface area contributed by atoms with Crippen LogP contribution in [0.1, 0.15) is 34.8 Å². The zero-order chi connectivity index (χ0) is 23.2. The second-order valence-electron chi connectivity index (χ2n) is 9.17. The molecule has 0 radical (unpaired) electrons. The number of piperidine rings is 1. The highest BCUT2D eigenvalue weighted by atomic mass is 19.1. The lowest BCUT2D eigenvalue weighted by Gasteiger charge is -2.36. The van der Waals surface area contributed by atoms with Crippen LogP contribution in [-0.2, 0) is 4.79 Å². The minimum Gasteiger partial charge on any atom is -0.348 e. The number of likely N-dealkylation sites (N-methyl/N-ethyl adjacent to an activating group) is 1. The number of hydrogen-bond donors (Lipinski definition) is 1. The van der Waals surface area contributed by atoms with Crippen molar-refractivity contribution in [3.05, 3.63) is 71.5 Å². The first-order valence-electron chi connectivity index (χ1n) is 11.8. The molecule has 6 nitrogen and oxygen atoms in total. The van der Waals surface area contributed by atoms with Crippen LogP contribution >= 0.6 is 0 Å². The molecule has 2 atom stereocenters. The number of carbonyl (C=O) groups is 2. The number of amides is 2. The first-order chi connectivity index (χ1) is 16.0. The van der Waals surface area contributed by atoms with Crippen molar-refractivity contribution in [3.8, 4) is 0 Å². The van der Waals surface area contributed by atoms with Crippen molar-refractivity contribution in [2.75, 3.05) is 52.9 Å². The van der Waals surface area contributed by atoms with Gasteiger partial charge in [-0.1, -0.05) is 30.3 Å². The van der Waals surface area contributed by atoms with Crippen molar-refractivity contribution in [1.29, 1.82) is 0 Å². The van der Waals surface area contributed by atoms with E-state index >= 15 is 0 Å². The molecule has 0 spiro atoms. The van der Waals surface area contributed by atoms with E-state index in [0.717, 1.165) is 51.1 Å². The molecule has 7 heteroatoms. The quantitative estimate of drug-likeness (QED) is 0.732. The molecule has 0 saturated carbocycles. The second kappa shape index (κ2) is 10.9. The molecular weight excluding hydrogens is 419 g/mol. The van der Waals surface area contributed by atoms with Gasteiger partial charge >= 0.3 is 0 Å². The monoisotopic (exact) mass is 452 g/mol. The average Bonchev–Trinajstić information content (AvgIpc) is 2.85. The van der Waals surface area contributed by atoms with E-state index < -0.39 is 0 Å². The third kappa shape index (κ3) is 6.18. The molecule has 33 heavy (non-hydrogen) atoms. The standard InChI is InChI=1S/C26H33FN4O2/c1-29-14-16-30(17-15-29)19-24(20-6-3-2-4-7-20)28-25(32)22-8-5-13-31(18-22)26(33)21-9-11-23(27)12-10-21/h2-4,6-7,9-12,22,24H,5,8,13-19H2,1H3,(H,28,32). The highest BCUT2D eigenvalue weighted by Crippen LogP contribution is 2.22. The van der Waals surface area contributed by atoms with Crippen LogP contribution in [0, 0.1) is 11.7 Å². The molecule has 0 aliphatic carbocycles. The van der Waals surface area contributed by atoms with Gasteiger partial charge in [0.15, 0.2) is 0 Å². The van der Waals surface area contributed by atoms with Crippen LogP contribution in [0.5, 0.6) is 0 Å². The summed E-state index contributed by atoms with van der Waals surface area (Å²) >= 11 is 0. The number of halogens is 1. The number of nitrogens with one attached hydrogen (secondary N) is 1. The van der Waals surface area contributed by atoms with Gasteiger partial charge in [0, 0.05) is 51.4 Å². The van der Waals surface area contributed by atoms with Gasteiger partial charge in [-0.2, -0.15) is 0 Å². The lowest BCUT2D eigenvalue weighted by atomic mass is 9.95. The topological polar surface area (TPSA) is 55.9 Å². The summed E-state index contributed by atoms with van der Waals surface area (Å²) in [5.74, 6) is -0.768. The molecule has 2 unspecified atom stereocenters. The Morgan fingerprint density at radius 1 is 1.00 bits per heavy atom. The maximum absolute atomic E-state index is 13.3. The van der Waals surface area contributed by atoms with E-state index in [1.807, 2.05) is 18.2 Å². The highest BCUT2D eigenvalue weighted by Gasteiger charge is 2.31. The van der Waals surface area contributed by atoms with Gasteiger partial charge in [-0.3, -0.25) is 14.5 Å². The van der Waals surface area contributed by atoms with Crippen molar-refractivity contribution >= 4 is 11.8 Å². The van der Waals surface area contributed by atoms with E-state index in [-0.39, 0.29) is 29.6 Å². The first kappa shape index (κ1) is 23.4. The Kier molecular flexibility index (Phi) is 7.73. The Morgan fingerprint density at radius 3 is 2.39 bits per heavy atom. The minimum atomic E-state index is -0.366. The number of hydrogen-bond acceptors (Lipinski definition) is 4. The number of likely N-dealkylation sites (tertiary alicyclic amines) is 1. The van der Waals surface area contributed by atoms with Gasteiger partial charge in [0.1, 0.15) is 5.82 Å². The Balaban J connectivity index is 1.41. The third-order valence-electron chi connectivity index (χ3n) is 6.73. The van der Waals surface area contributed by atoms with E-state index in [4.69, 9.17) is 0 Å². The summed E-state index contributed by atoms with van der Waals surface area (Å²) in [6, 6.07) is 15.6. The van der Waals surface area contributed by atoms with E-state index in [0.29, 0.717) is 18.7 Å². The summed E-state index contributed by atoms with van der Waals surface area (Å²) in [6.07, 6.45) is 1.54. The molecule has 176 valence electrons. The highest BCUT2D eigenvalue weighted by molar-refractivity contribution is 5.94. The molecule has 0 bridgehead atoms. The zero-order valence-electron chi connectivity index (χ0n) is 19.3. The van der Waals surface area contributed by atoms with Crippen molar-refractivity contribution in [1.82, 2.24) is 20.0 Å². The van der Waals surface area contributed by atoms with Crippen molar-refractivity contribution in [2.24, 2.45) is 5.92 Å². The summed E-state index contributed by atoms with van der Waals surface area (Å²) in [6.45, 7) is 5.80. The van der Waals surface area contributed by atoms with Gasteiger partial charge in [0.25, 0.3) is 5.91 Å². The molecule has 2 saturated heterocycles. The summed E-state index contributed by atoms with van der Waals surface area (Å²) in [4.78, 5) is 32.6. The van der Waals surface area contributed by atoms with Crippen LogP contribution in [0.15, 0.2) is 54.6 Å². The molecule has 0 aromatic heterocycles. The van der Waals surface area contributed by atoms with Gasteiger partial charge in [-0.15, -0.1) is 0 Å². The predicted molar refractivity (Wildman–Crippen MR) is 126 cm³/mol. The molecule has 2 fully saturated rings. The summed E-state index contributed by atoms with van der Waals surface area (Å²) < 4.78 is 13.2. The Hall–Kier alpha value is -2.77. The molecule has 2 heterocycles. The molecule has 4 rings (SSSR count). The molecule has 2 amide bonds. The van der Waals surface area contributed by atoms with Crippen LogP contribution in [0.3, 0.4) is 0 Å². The van der Waals surface area contributed by atoms with Crippen LogP contribution < -0.4 is 5.32 Å². The van der Waals surface area contributed by atoms with Crippen molar-refractivity contribution in [2.45, 2.75) is 18.9 Å². The Morgan fingerprint density at radius 2 is 1.70 bits per heavy atom. The third-order valence-corrected chi connectivity index (χ3v) is 6.73. The second-order valence-corrected chi connectivity index (χ2v) is 9.17. The fourth-order valence-electron chi connectivity index (χ4n) is 4.65. The summed E-state index contributed by atoms with van der Waals surface area (Å²) in [5, 5.41) is 3.29. The number of nitrogens with zero attached hydrogens (tertiary/aromatic N) is 3. The van der Waals surface area contributed by atoms with Gasteiger partial charge < -0.3 is 15.1 Å². The van der Waals surface area contributed by atoms with Gasteiger partial charge in [0.05, 0.1) is 12.0 Å². The predicted octanol–water partition coefficient (Wildman–Crippen LogP) is 2.78. The molecule has 2 aliphatic rings. The Bertz CT molecular complexity index is 929. The molecule has 2 aliphatic heterocycles. The first-order valence-corrected chi connectivity index (χ1v) is 11.8. The Labute approximate surface area is 195 Å². The molecular formula is C26H33FN4O2. The van der Waals surface area contributed by atoms with Crippen LogP contribution in [0.2, 0.25) is 0 Å². The van der Waals surface area contributed by atoms with Gasteiger partial charge in [-0.05, 0) is 49.7 Å². The minimum absolute atomic E-state index is 0.00501. The summed E-state index contributed by atoms with van der Waals surface area (Å²) in [7, 11) is 2.13. The SMILES string of the molecule is CN1CCN(CC(NC(=O)C2CCCN(C(=O)c3ccc(F)cc3)C2)c2ccccc2)CC1. The summed E-state index contributed by atoms with van der Waals surface area (Å²) in [5.41, 5.74) is 1.55. The van der Waals surface area contributed by atoms with Crippen LogP contribution in [0.4, 0.5) is 4.39 Å². The van der Waals surface area contributed by atoms with Crippen LogP contribution in [0.25, 0.3) is 0 Å². The van der Waals surface area contributed by atoms with Gasteiger partial charge in [-0.25, -0.2) is 4.39 Å². The maximum atomic E-state index is 13.3. The number of rotatable bonds is 6. The maximum Gasteiger partial charge on any atom is 0.253 e. The zero-order valence-corrected chi connectivity index (χ0v) is 19.3. The number of benzene rings is 2.